The van der Waals surface area contributed by atoms with Crippen LogP contribution in [0.3, 0.4) is 0 Å². The van der Waals surface area contributed by atoms with Crippen molar-refractivity contribution in [2.24, 2.45) is 0 Å². The van der Waals surface area contributed by atoms with Crippen LogP contribution in [0.2, 0.25) is 0 Å². The summed E-state index contributed by atoms with van der Waals surface area (Å²) in [6.07, 6.45) is -0.902. The first kappa shape index (κ1) is 11.3. The summed E-state index contributed by atoms with van der Waals surface area (Å²) in [5, 5.41) is 30.2. The molecule has 0 bridgehead atoms. The van der Waals surface area contributed by atoms with Gasteiger partial charge in [0.05, 0.1) is 6.10 Å². The maximum absolute atomic E-state index is 10.6. The molecule has 4 N–H and O–H groups in total. The molecule has 0 aromatic heterocycles. The van der Waals surface area contributed by atoms with Gasteiger partial charge >= 0.3 is 0 Å². The van der Waals surface area contributed by atoms with Crippen molar-refractivity contribution in [3.63, 3.8) is 0 Å². The highest BCUT2D eigenvalue weighted by Crippen LogP contribution is 2.27. The molecule has 0 radical (unpaired) electrons. The maximum atomic E-state index is 10.6. The molecule has 0 aliphatic carbocycles. The van der Waals surface area contributed by atoms with Gasteiger partial charge in [-0.3, -0.25) is 4.79 Å². The van der Waals surface area contributed by atoms with Gasteiger partial charge in [-0.2, -0.15) is 0 Å². The van der Waals surface area contributed by atoms with E-state index in [9.17, 15) is 15.0 Å². The Morgan fingerprint density at radius 3 is 2.60 bits per heavy atom. The van der Waals surface area contributed by atoms with Crippen LogP contribution in [0.15, 0.2) is 18.2 Å². The zero-order valence-electron chi connectivity index (χ0n) is 8.27. The summed E-state index contributed by atoms with van der Waals surface area (Å²) < 4.78 is 0. The molecule has 0 saturated carbocycles. The highest BCUT2D eigenvalue weighted by atomic mass is 16.3. The van der Waals surface area contributed by atoms with Gasteiger partial charge in [-0.25, -0.2) is 0 Å². The molecule has 5 heteroatoms. The number of carbonyl (C=O) groups excluding carboxylic acids is 1. The standard InChI is InChI=1S/C10H13NO4/c1-6(12)11-5-10(15)7-2-3-8(13)9(14)4-7/h2-4,10,13-15H,5H2,1H3,(H,11,12)/t10-/m1/s1. The third-order valence-electron chi connectivity index (χ3n) is 1.93. The Balaban J connectivity index is 2.69. The van der Waals surface area contributed by atoms with Crippen molar-refractivity contribution in [2.45, 2.75) is 13.0 Å². The molecule has 0 aliphatic heterocycles. The Morgan fingerprint density at radius 1 is 1.40 bits per heavy atom. The monoisotopic (exact) mass is 211 g/mol. The van der Waals surface area contributed by atoms with Crippen molar-refractivity contribution in [3.8, 4) is 11.5 Å². The third-order valence-corrected chi connectivity index (χ3v) is 1.93. The lowest BCUT2D eigenvalue weighted by Crippen LogP contribution is -2.25. The zero-order chi connectivity index (χ0) is 11.4. The molecule has 0 spiro atoms. The molecule has 5 nitrogen and oxygen atoms in total. The largest absolute Gasteiger partial charge is 0.504 e. The highest BCUT2D eigenvalue weighted by Gasteiger charge is 2.10. The summed E-state index contributed by atoms with van der Waals surface area (Å²) in [7, 11) is 0. The van der Waals surface area contributed by atoms with E-state index in [4.69, 9.17) is 5.11 Å². The summed E-state index contributed by atoms with van der Waals surface area (Å²) in [4.78, 5) is 10.6. The minimum absolute atomic E-state index is 0.0690. The number of rotatable bonds is 3. The lowest BCUT2D eigenvalue weighted by atomic mass is 10.1. The van der Waals surface area contributed by atoms with Crippen LogP contribution in [0.25, 0.3) is 0 Å². The van der Waals surface area contributed by atoms with Crippen molar-refractivity contribution < 1.29 is 20.1 Å². The van der Waals surface area contributed by atoms with E-state index in [1.807, 2.05) is 0 Å². The number of carbonyl (C=O) groups is 1. The van der Waals surface area contributed by atoms with E-state index >= 15 is 0 Å². The normalized spacial score (nSPS) is 12.1. The summed E-state index contributed by atoms with van der Waals surface area (Å²) in [5.41, 5.74) is 0.430. The number of aromatic hydroxyl groups is 2. The first-order valence-corrected chi connectivity index (χ1v) is 4.45. The van der Waals surface area contributed by atoms with Crippen molar-refractivity contribution in [1.29, 1.82) is 0 Å². The van der Waals surface area contributed by atoms with Crippen LogP contribution < -0.4 is 5.32 Å². The van der Waals surface area contributed by atoms with Crippen LogP contribution in [0.4, 0.5) is 0 Å². The lowest BCUT2D eigenvalue weighted by molar-refractivity contribution is -0.119. The number of phenolic OH excluding ortho intramolecular Hbond substituents is 2. The average Bonchev–Trinajstić information content (AvgIpc) is 2.18. The van der Waals surface area contributed by atoms with Crippen LogP contribution in [-0.2, 0) is 4.79 Å². The number of hydrogen-bond donors (Lipinski definition) is 4. The molecule has 0 heterocycles. The van der Waals surface area contributed by atoms with E-state index < -0.39 is 6.10 Å². The van der Waals surface area contributed by atoms with Gasteiger partial charge in [0.2, 0.25) is 5.91 Å². The maximum Gasteiger partial charge on any atom is 0.216 e. The van der Waals surface area contributed by atoms with Crippen LogP contribution in [0, 0.1) is 0 Å². The number of benzene rings is 1. The number of aliphatic hydroxyl groups excluding tert-OH is 1. The second kappa shape index (κ2) is 4.65. The van der Waals surface area contributed by atoms with Gasteiger partial charge in [0, 0.05) is 13.5 Å². The highest BCUT2D eigenvalue weighted by molar-refractivity contribution is 5.72. The molecule has 1 aromatic rings. The van der Waals surface area contributed by atoms with Crippen LogP contribution in [0.5, 0.6) is 11.5 Å². The molecule has 0 fully saturated rings. The van der Waals surface area contributed by atoms with Crippen LogP contribution in [-0.4, -0.2) is 27.8 Å². The van der Waals surface area contributed by atoms with Crippen molar-refractivity contribution in [1.82, 2.24) is 5.32 Å². The number of phenols is 2. The zero-order valence-corrected chi connectivity index (χ0v) is 8.27. The van der Waals surface area contributed by atoms with Crippen LogP contribution >= 0.6 is 0 Å². The van der Waals surface area contributed by atoms with E-state index in [-0.39, 0.29) is 24.0 Å². The first-order valence-electron chi connectivity index (χ1n) is 4.45. The molecule has 82 valence electrons. The summed E-state index contributed by atoms with van der Waals surface area (Å²) >= 11 is 0. The Kier molecular flexibility index (Phi) is 3.51. The molecule has 1 rings (SSSR count). The van der Waals surface area contributed by atoms with Gasteiger partial charge in [-0.05, 0) is 17.7 Å². The third kappa shape index (κ3) is 3.14. The fourth-order valence-corrected chi connectivity index (χ4v) is 1.11. The SMILES string of the molecule is CC(=O)NC[C@@H](O)c1ccc(O)c(O)c1. The van der Waals surface area contributed by atoms with Crippen LogP contribution in [0.1, 0.15) is 18.6 Å². The quantitative estimate of drug-likeness (QED) is 0.540. The number of aliphatic hydroxyl groups is 1. The predicted octanol–water partition coefficient (Wildman–Crippen LogP) is 0.267. The van der Waals surface area contributed by atoms with Gasteiger partial charge in [0.1, 0.15) is 0 Å². The average molecular weight is 211 g/mol. The van der Waals surface area contributed by atoms with Gasteiger partial charge in [-0.15, -0.1) is 0 Å². The van der Waals surface area contributed by atoms with Gasteiger partial charge < -0.3 is 20.6 Å². The van der Waals surface area contributed by atoms with Gasteiger partial charge in [-0.1, -0.05) is 6.07 Å². The molecular formula is C10H13NO4. The van der Waals surface area contributed by atoms with E-state index in [0.717, 1.165) is 0 Å². The fourth-order valence-electron chi connectivity index (χ4n) is 1.11. The summed E-state index contributed by atoms with van der Waals surface area (Å²) in [6, 6.07) is 4.00. The van der Waals surface area contributed by atoms with Crippen molar-refractivity contribution in [2.75, 3.05) is 6.54 Å². The molecular weight excluding hydrogens is 198 g/mol. The molecule has 1 aromatic carbocycles. The molecule has 1 atom stereocenters. The second-order valence-electron chi connectivity index (χ2n) is 3.20. The molecule has 0 saturated heterocycles. The smallest absolute Gasteiger partial charge is 0.216 e. The number of nitrogens with one attached hydrogen (secondary N) is 1. The van der Waals surface area contributed by atoms with E-state index in [2.05, 4.69) is 5.32 Å². The van der Waals surface area contributed by atoms with Gasteiger partial charge in [0.15, 0.2) is 11.5 Å². The number of amides is 1. The molecule has 1 amide bonds. The molecule has 0 aliphatic rings. The number of hydrogen-bond acceptors (Lipinski definition) is 4. The summed E-state index contributed by atoms with van der Waals surface area (Å²) in [6.45, 7) is 1.42. The second-order valence-corrected chi connectivity index (χ2v) is 3.20. The Morgan fingerprint density at radius 2 is 2.07 bits per heavy atom. The van der Waals surface area contributed by atoms with Gasteiger partial charge in [0.25, 0.3) is 0 Å². The minimum Gasteiger partial charge on any atom is -0.504 e. The van der Waals surface area contributed by atoms with Crippen molar-refractivity contribution in [3.05, 3.63) is 23.8 Å². The van der Waals surface area contributed by atoms with E-state index in [1.165, 1.54) is 25.1 Å². The lowest BCUT2D eigenvalue weighted by Gasteiger charge is -2.11. The van der Waals surface area contributed by atoms with E-state index in [0.29, 0.717) is 5.56 Å². The molecule has 15 heavy (non-hydrogen) atoms. The van der Waals surface area contributed by atoms with E-state index in [1.54, 1.807) is 0 Å². The minimum atomic E-state index is -0.902. The Labute approximate surface area is 87.0 Å². The topological polar surface area (TPSA) is 89.8 Å². The predicted molar refractivity (Wildman–Crippen MR) is 53.4 cm³/mol. The Bertz CT molecular complexity index is 364. The van der Waals surface area contributed by atoms with Crippen molar-refractivity contribution >= 4 is 5.91 Å². The molecule has 0 unspecified atom stereocenters. The fraction of sp³-hybridized carbons (Fsp3) is 0.300. The first-order chi connectivity index (χ1) is 7.00. The summed E-state index contributed by atoms with van der Waals surface area (Å²) in [5.74, 6) is -0.781. The Hall–Kier alpha value is -1.75.